The van der Waals surface area contributed by atoms with Gasteiger partial charge in [0.1, 0.15) is 22.3 Å². The Morgan fingerprint density at radius 1 is 0.337 bits per heavy atom. The maximum atomic E-state index is 12.5. The molecule has 0 aromatic heterocycles. The van der Waals surface area contributed by atoms with Crippen LogP contribution in [0.5, 0.6) is 0 Å². The summed E-state index contributed by atoms with van der Waals surface area (Å²) in [7, 11) is 0. The third-order valence-corrected chi connectivity index (χ3v) is 14.7. The van der Waals surface area contributed by atoms with Gasteiger partial charge in [0, 0.05) is 45.8 Å². The number of carbonyl (C=O) groups is 8. The van der Waals surface area contributed by atoms with Crippen LogP contribution >= 0.6 is 48.9 Å². The second-order valence-electron chi connectivity index (χ2n) is 18.8. The van der Waals surface area contributed by atoms with Gasteiger partial charge in [0.25, 0.3) is 47.3 Å². The maximum absolute atomic E-state index is 12.5. The van der Waals surface area contributed by atoms with Crippen molar-refractivity contribution in [3.05, 3.63) is 252 Å². The van der Waals surface area contributed by atoms with Crippen molar-refractivity contribution < 1.29 is 38.4 Å². The number of nitrogens with one attached hydrogen (secondary N) is 1. The highest BCUT2D eigenvalue weighted by Crippen LogP contribution is 2.22. The Kier molecular flexibility index (Phi) is 28.0. The molecule has 20 heteroatoms. The molecule has 0 spiro atoms. The molecule has 0 atom stereocenters. The zero-order valence-corrected chi connectivity index (χ0v) is 53.1. The van der Waals surface area contributed by atoms with Gasteiger partial charge in [-0.2, -0.15) is 0 Å². The number of thiocarbonyl (C=S) groups is 4. The van der Waals surface area contributed by atoms with E-state index in [9.17, 15) is 38.4 Å². The van der Waals surface area contributed by atoms with E-state index in [1.807, 2.05) is 166 Å². The van der Waals surface area contributed by atoms with E-state index in [4.69, 9.17) is 48.9 Å². The minimum absolute atomic E-state index is 0.0690. The van der Waals surface area contributed by atoms with Gasteiger partial charge in [-0.3, -0.25) is 78.0 Å². The Morgan fingerprint density at radius 2 is 0.562 bits per heavy atom. The van der Waals surface area contributed by atoms with Crippen molar-refractivity contribution in [2.75, 3.05) is 45.8 Å². The summed E-state index contributed by atoms with van der Waals surface area (Å²) in [5.41, 5.74) is 4.38. The number of benzene rings is 4. The normalized spacial score (nSPS) is 16.6. The molecule has 1 N–H and O–H groups in total. The minimum atomic E-state index is -0.456. The molecule has 0 aliphatic carbocycles. The van der Waals surface area contributed by atoms with Crippen LogP contribution in [0.4, 0.5) is 0 Å². The molecular formula is C69H68N8O8S4. The summed E-state index contributed by atoms with van der Waals surface area (Å²) in [6.07, 6.45) is 25.0. The monoisotopic (exact) mass is 1260 g/mol. The molecule has 4 fully saturated rings. The first-order valence-corrected chi connectivity index (χ1v) is 29.8. The lowest BCUT2D eigenvalue weighted by molar-refractivity contribution is -0.135. The van der Waals surface area contributed by atoms with Crippen molar-refractivity contribution in [2.45, 2.75) is 27.7 Å². The molecule has 8 rings (SSSR count). The molecule has 4 aromatic rings. The first-order valence-electron chi connectivity index (χ1n) is 28.2. The highest BCUT2D eigenvalue weighted by Gasteiger charge is 2.40. The van der Waals surface area contributed by atoms with E-state index in [1.54, 1.807) is 55.5 Å². The number of allylic oxidation sites excluding steroid dienone is 8. The molecule has 4 aliphatic rings. The highest BCUT2D eigenvalue weighted by molar-refractivity contribution is 7.81. The van der Waals surface area contributed by atoms with E-state index < -0.39 is 17.7 Å². The largest absolute Gasteiger partial charge is 0.298 e. The summed E-state index contributed by atoms with van der Waals surface area (Å²) in [5.74, 6) is -3.06. The number of amides is 8. The Morgan fingerprint density at radius 3 is 0.820 bits per heavy atom. The van der Waals surface area contributed by atoms with Crippen molar-refractivity contribution >= 4 is 141 Å². The number of hydrogen-bond acceptors (Lipinski definition) is 12. The fourth-order valence-electron chi connectivity index (χ4n) is 8.52. The second-order valence-corrected chi connectivity index (χ2v) is 20.3. The third-order valence-electron chi connectivity index (χ3n) is 13.0. The molecule has 0 unspecified atom stereocenters. The standard InChI is InChI=1S/C19H18N2O2S.C18H18N2O2S.C17H18N2O2S.C15H14N2O2S/c1-3-13-20-17(22)16(18(23)21(14-4-2)19(20)24)12-8-11-15-9-6-5-7-10-15;1-3-13-20-17(22)15(16(21)19(4-2)18(20)23)12-8-11-14-9-6-5-7-10-14;1-3-18-15(20)14(16(21)19(4-2)17(18)22)12-8-11-13-9-6-5-7-10-13;1-2-17-14(19)12(13(18)16-15(17)20)10-6-9-11-7-4-3-5-8-11/h3-12H,1-2,13-14H2;3,5-12H,1,4,13H2,2H3;5-12H,3-4H2,1-2H3;3-10H,2H2,1H3,(H,16,18,20)/b11-8+;11-8+,15-12-;11-8+;9-6+,12-10-. The first-order chi connectivity index (χ1) is 42.9. The zero-order valence-electron chi connectivity index (χ0n) is 49.8. The smallest absolute Gasteiger partial charge is 0.265 e. The summed E-state index contributed by atoms with van der Waals surface area (Å²) in [5, 5.41) is 3.35. The van der Waals surface area contributed by atoms with Crippen molar-refractivity contribution in [2.24, 2.45) is 0 Å². The van der Waals surface area contributed by atoms with Crippen LogP contribution in [0.15, 0.2) is 230 Å². The molecule has 4 aliphatic heterocycles. The van der Waals surface area contributed by atoms with Crippen LogP contribution in [-0.2, 0) is 38.4 Å². The molecule has 89 heavy (non-hydrogen) atoms. The van der Waals surface area contributed by atoms with Crippen LogP contribution < -0.4 is 5.32 Å². The predicted octanol–water partition coefficient (Wildman–Crippen LogP) is 10.3. The Bertz CT molecular complexity index is 3570. The predicted molar refractivity (Wildman–Crippen MR) is 368 cm³/mol. The highest BCUT2D eigenvalue weighted by atomic mass is 32.1. The fraction of sp³-hybridized carbons (Fsp3) is 0.159. The average molecular weight is 1270 g/mol. The van der Waals surface area contributed by atoms with E-state index in [1.165, 1.54) is 52.5 Å². The van der Waals surface area contributed by atoms with Gasteiger partial charge < -0.3 is 0 Å². The topological polar surface area (TPSA) is 171 Å². The van der Waals surface area contributed by atoms with Crippen LogP contribution in [0.2, 0.25) is 0 Å². The Labute approximate surface area is 541 Å². The quantitative estimate of drug-likeness (QED) is 0.0433. The van der Waals surface area contributed by atoms with Gasteiger partial charge >= 0.3 is 0 Å². The van der Waals surface area contributed by atoms with E-state index >= 15 is 0 Å². The average Bonchev–Trinajstić information content (AvgIpc) is 3.65. The number of likely N-dealkylation sites (N-methyl/N-ethyl adjacent to an activating group) is 4. The van der Waals surface area contributed by atoms with Crippen LogP contribution in [0.3, 0.4) is 0 Å². The maximum Gasteiger partial charge on any atom is 0.265 e. The lowest BCUT2D eigenvalue weighted by Crippen LogP contribution is -2.56. The molecule has 0 saturated carbocycles. The molecule has 456 valence electrons. The van der Waals surface area contributed by atoms with Gasteiger partial charge in [0.2, 0.25) is 0 Å². The summed E-state index contributed by atoms with van der Waals surface area (Å²) < 4.78 is 0. The molecular weight excluding hydrogens is 1200 g/mol. The van der Waals surface area contributed by atoms with E-state index in [0.29, 0.717) is 26.2 Å². The first kappa shape index (κ1) is 69.9. The molecule has 0 bridgehead atoms. The van der Waals surface area contributed by atoms with Crippen molar-refractivity contribution in [1.29, 1.82) is 0 Å². The fourth-order valence-corrected chi connectivity index (χ4v) is 9.93. The summed E-state index contributed by atoms with van der Waals surface area (Å²) >= 11 is 20.6. The van der Waals surface area contributed by atoms with Gasteiger partial charge in [-0.15, -0.1) is 19.7 Å². The van der Waals surface area contributed by atoms with Crippen LogP contribution in [0, 0.1) is 0 Å². The molecule has 16 nitrogen and oxygen atoms in total. The number of nitrogens with zero attached hydrogens (tertiary/aromatic N) is 7. The zero-order chi connectivity index (χ0) is 65.0. The van der Waals surface area contributed by atoms with Crippen molar-refractivity contribution in [3.8, 4) is 0 Å². The SMILES string of the molecule is C=CCN1C(=O)/C(=C\C=C\c2ccccc2)C(=O)N(CC)C1=S.C=CCN1C(=O)C(=C/C=C/c2ccccc2)C(=O)N(CC=C)C1=S.CCN1C(=O)/C(=C\C=C\c2ccccc2)C(=O)NC1=S.CCN1C(=O)C(=C/C=C/c2ccccc2)C(=O)N(CC)C1=S. The molecule has 0 radical (unpaired) electrons. The van der Waals surface area contributed by atoms with Crippen molar-refractivity contribution in [3.63, 3.8) is 0 Å². The minimum Gasteiger partial charge on any atom is -0.298 e. The summed E-state index contributed by atoms with van der Waals surface area (Å²) in [4.78, 5) is 108. The van der Waals surface area contributed by atoms with Gasteiger partial charge in [-0.1, -0.05) is 188 Å². The molecule has 4 heterocycles. The number of carbonyl (C=O) groups excluding carboxylic acids is 8. The van der Waals surface area contributed by atoms with Crippen LogP contribution in [0.1, 0.15) is 49.9 Å². The lowest BCUT2D eigenvalue weighted by Gasteiger charge is -2.35. The van der Waals surface area contributed by atoms with E-state index in [-0.39, 0.29) is 91.9 Å². The Balaban J connectivity index is 0.000000216. The van der Waals surface area contributed by atoms with Gasteiger partial charge in [0.15, 0.2) is 20.4 Å². The molecule has 4 saturated heterocycles. The van der Waals surface area contributed by atoms with Crippen LogP contribution in [-0.4, -0.2) is 148 Å². The Hall–Kier alpha value is -9.86. The second kappa shape index (κ2) is 35.7. The van der Waals surface area contributed by atoms with Crippen molar-refractivity contribution in [1.82, 2.24) is 39.6 Å². The van der Waals surface area contributed by atoms with Crippen LogP contribution in [0.25, 0.3) is 24.3 Å². The van der Waals surface area contributed by atoms with Gasteiger partial charge in [-0.05, 0) is 123 Å². The summed E-state index contributed by atoms with van der Waals surface area (Å²) in [6.45, 7) is 20.7. The molecule has 8 amide bonds. The molecule has 4 aromatic carbocycles. The van der Waals surface area contributed by atoms with Gasteiger partial charge in [-0.25, -0.2) is 0 Å². The summed E-state index contributed by atoms with van der Waals surface area (Å²) in [6, 6.07) is 38.6. The third kappa shape index (κ3) is 18.8. The number of rotatable bonds is 18. The van der Waals surface area contributed by atoms with Gasteiger partial charge in [0.05, 0.1) is 0 Å². The number of hydrogen-bond donors (Lipinski definition) is 1. The van der Waals surface area contributed by atoms with E-state index in [2.05, 4.69) is 25.1 Å². The van der Waals surface area contributed by atoms with E-state index in [0.717, 1.165) is 22.3 Å². The lowest BCUT2D eigenvalue weighted by atomic mass is 10.1.